The highest BCUT2D eigenvalue weighted by atomic mass is 32.2. The molecule has 10 amide bonds. The van der Waals surface area contributed by atoms with Gasteiger partial charge >= 0.3 is 12.1 Å². The highest BCUT2D eigenvalue weighted by Gasteiger charge is 2.48. The number of hydrogen-bond donors (Lipinski definition) is 7. The summed E-state index contributed by atoms with van der Waals surface area (Å²) >= 11 is 1.35. The number of rotatable bonds is 38. The second-order valence-electron chi connectivity index (χ2n) is 25.7. The number of carbonyl (C=O) groups is 11. The Morgan fingerprint density at radius 3 is 2.06 bits per heavy atom. The molecule has 0 spiro atoms. The van der Waals surface area contributed by atoms with E-state index in [0.717, 1.165) is 29.9 Å². The van der Waals surface area contributed by atoms with Crippen molar-refractivity contribution in [2.75, 3.05) is 72.1 Å². The van der Waals surface area contributed by atoms with Gasteiger partial charge in [-0.2, -0.15) is 0 Å². The molecule has 5 rings (SSSR count). The van der Waals surface area contributed by atoms with Crippen molar-refractivity contribution >= 4 is 82.7 Å². The maximum atomic E-state index is 14.3. The van der Waals surface area contributed by atoms with Gasteiger partial charge in [0.1, 0.15) is 30.3 Å². The Morgan fingerprint density at radius 2 is 1.47 bits per heavy atom. The summed E-state index contributed by atoms with van der Waals surface area (Å²) in [5.74, 6) is -7.73. The molecule has 2 heterocycles. The normalized spacial score (nSPS) is 18.9. The van der Waals surface area contributed by atoms with Crippen molar-refractivity contribution in [1.82, 2.24) is 40.9 Å². The number of likely N-dealkylation sites (tertiary alicyclic amines) is 2. The molecular weight excluding hydrogens is 1240 g/mol. The van der Waals surface area contributed by atoms with Gasteiger partial charge in [-0.05, 0) is 91.5 Å². The quantitative estimate of drug-likeness (QED) is 0.0351. The van der Waals surface area contributed by atoms with Gasteiger partial charge in [-0.3, -0.25) is 57.7 Å². The Bertz CT molecular complexity index is 2950. The van der Waals surface area contributed by atoms with Gasteiger partial charge in [0, 0.05) is 77.8 Å². The number of ether oxygens (including phenoxy) is 3. The largest absolute Gasteiger partial charge is 0.481 e. The van der Waals surface area contributed by atoms with E-state index < -0.39 is 132 Å². The molecule has 28 heteroatoms. The molecule has 94 heavy (non-hydrogen) atoms. The summed E-state index contributed by atoms with van der Waals surface area (Å²) in [6, 6.07) is 6.42. The van der Waals surface area contributed by atoms with Crippen molar-refractivity contribution in [2.24, 2.45) is 29.1 Å². The molecule has 0 radical (unpaired) electrons. The van der Waals surface area contributed by atoms with E-state index in [1.807, 2.05) is 13.8 Å². The number of hydrogen-bond acceptors (Lipinski definition) is 16. The van der Waals surface area contributed by atoms with E-state index in [2.05, 4.69) is 26.6 Å². The molecule has 2 aromatic carbocycles. The van der Waals surface area contributed by atoms with Crippen LogP contribution in [0.2, 0.25) is 0 Å². The Kier molecular flexibility index (Phi) is 30.1. The summed E-state index contributed by atoms with van der Waals surface area (Å²) in [6.45, 7) is 11.4. The molecular formula is C66H97F2N9O16S. The van der Waals surface area contributed by atoms with E-state index in [9.17, 15) is 71.7 Å². The molecule has 1 aliphatic carbocycles. The van der Waals surface area contributed by atoms with E-state index >= 15 is 0 Å². The van der Waals surface area contributed by atoms with Crippen molar-refractivity contribution in [3.63, 3.8) is 0 Å². The second kappa shape index (κ2) is 36.5. The number of methoxy groups -OCH3 is 2. The van der Waals surface area contributed by atoms with Crippen LogP contribution in [-0.4, -0.2) is 210 Å². The van der Waals surface area contributed by atoms with Gasteiger partial charge in [0.25, 0.3) is 0 Å². The second-order valence-corrected chi connectivity index (χ2v) is 26.9. The molecule has 0 aromatic heterocycles. The number of nitrogens with zero attached hydrogens (tertiary/aromatic N) is 4. The molecule has 1 saturated carbocycles. The van der Waals surface area contributed by atoms with Gasteiger partial charge in [-0.25, -0.2) is 13.6 Å². The molecule has 4 unspecified atom stereocenters. The average Bonchev–Trinajstić information content (AvgIpc) is 1.62. The predicted molar refractivity (Wildman–Crippen MR) is 345 cm³/mol. The molecule has 2 aromatic rings. The maximum Gasteiger partial charge on any atom is 0.410 e. The lowest BCUT2D eigenvalue weighted by Crippen LogP contribution is -2.55. The van der Waals surface area contributed by atoms with E-state index in [1.54, 1.807) is 65.9 Å². The maximum absolute atomic E-state index is 14.3. The van der Waals surface area contributed by atoms with Crippen LogP contribution in [0.1, 0.15) is 130 Å². The van der Waals surface area contributed by atoms with Crippen LogP contribution in [-0.2, 0) is 75.2 Å². The number of imide groups is 1. The number of carboxylic acids is 1. The summed E-state index contributed by atoms with van der Waals surface area (Å²) in [5, 5.41) is 32.9. The SMILES string of the molecule is CC[C@H](C)C([C@@H](CC(=O)N1C[C@@H](O)C[C@H]1[C@H](OC)[C@@H](C)C(=O)NCCc1c(F)cccc1F)OC)N(C)C(=O)CNC(=O)C(C(C)C)N(C)C(=O)OCc1ccc(NC(=O)CNC(=O)C(NC(=O)CCCCCN2C(=O)CC(SCC3(CC(=O)O)CC3)C2=O)C(C)C)cc1. The smallest absolute Gasteiger partial charge is 0.410 e. The number of anilines is 1. The topological polar surface area (TPSA) is 329 Å². The van der Waals surface area contributed by atoms with E-state index in [1.165, 1.54) is 53.8 Å². The van der Waals surface area contributed by atoms with E-state index in [4.69, 9.17) is 14.2 Å². The number of benzene rings is 2. The van der Waals surface area contributed by atoms with Crippen LogP contribution in [0.3, 0.4) is 0 Å². The molecule has 3 aliphatic rings. The Morgan fingerprint density at radius 1 is 0.809 bits per heavy atom. The van der Waals surface area contributed by atoms with Gasteiger partial charge in [0.05, 0.1) is 67.5 Å². The lowest BCUT2D eigenvalue weighted by atomic mass is 9.90. The third-order valence-electron chi connectivity index (χ3n) is 17.9. The van der Waals surface area contributed by atoms with Crippen LogP contribution in [0.15, 0.2) is 42.5 Å². The zero-order chi connectivity index (χ0) is 69.7. The molecule has 7 N–H and O–H groups in total. The first-order chi connectivity index (χ1) is 44.5. The van der Waals surface area contributed by atoms with Crippen LogP contribution in [0.5, 0.6) is 0 Å². The van der Waals surface area contributed by atoms with Crippen molar-refractivity contribution < 1.29 is 85.9 Å². The summed E-state index contributed by atoms with van der Waals surface area (Å²) in [5.41, 5.74) is 0.452. The number of nitrogens with one attached hydrogen (secondary N) is 5. The monoisotopic (exact) mass is 1340 g/mol. The minimum atomic E-state index is -1.08. The predicted octanol–water partition coefficient (Wildman–Crippen LogP) is 4.80. The third kappa shape index (κ3) is 22.1. The fraction of sp³-hybridized carbons (Fsp3) is 0.652. The first kappa shape index (κ1) is 77.4. The number of halogens is 2. The number of thioether (sulfide) groups is 1. The Balaban J connectivity index is 1.03. The lowest BCUT2D eigenvalue weighted by Gasteiger charge is -2.39. The van der Waals surface area contributed by atoms with E-state index in [0.29, 0.717) is 42.7 Å². The molecule has 522 valence electrons. The number of unbranched alkanes of at least 4 members (excludes halogenated alkanes) is 2. The summed E-state index contributed by atoms with van der Waals surface area (Å²) in [4.78, 5) is 150. The number of carbonyl (C=O) groups excluding carboxylic acids is 10. The van der Waals surface area contributed by atoms with Gasteiger partial charge in [0.15, 0.2) is 0 Å². The number of β-amino-alcohol motifs (C(OH)–C–C–N with tert-alkyl or cyclic N) is 1. The molecule has 2 aliphatic heterocycles. The van der Waals surface area contributed by atoms with Crippen molar-refractivity contribution in [3.8, 4) is 0 Å². The van der Waals surface area contributed by atoms with Gasteiger partial charge in [0.2, 0.25) is 53.2 Å². The van der Waals surface area contributed by atoms with Gasteiger partial charge in [-0.1, -0.05) is 79.5 Å². The molecule has 25 nitrogen and oxygen atoms in total. The number of aliphatic carboxylic acids is 1. The number of aliphatic hydroxyl groups is 1. The van der Waals surface area contributed by atoms with Crippen LogP contribution in [0.25, 0.3) is 0 Å². The Hall–Kier alpha value is -7.30. The zero-order valence-corrected chi connectivity index (χ0v) is 56.8. The molecule has 0 bridgehead atoms. The summed E-state index contributed by atoms with van der Waals surface area (Å²) in [6.07, 6.45) is 0.121. The molecule has 3 fully saturated rings. The van der Waals surface area contributed by atoms with Crippen LogP contribution >= 0.6 is 11.8 Å². The first-order valence-corrected chi connectivity index (χ1v) is 33.3. The Labute approximate surface area is 553 Å². The first-order valence-electron chi connectivity index (χ1n) is 32.3. The average molecular weight is 1340 g/mol. The fourth-order valence-corrected chi connectivity index (χ4v) is 13.6. The number of carboxylic acid groups (broad SMARTS) is 1. The lowest BCUT2D eigenvalue weighted by molar-refractivity contribution is -0.146. The minimum absolute atomic E-state index is 0.0539. The van der Waals surface area contributed by atoms with Gasteiger partial charge in [-0.15, -0.1) is 11.8 Å². The molecule has 10 atom stereocenters. The van der Waals surface area contributed by atoms with Crippen molar-refractivity contribution in [1.29, 1.82) is 0 Å². The van der Waals surface area contributed by atoms with Gasteiger partial charge < -0.3 is 60.8 Å². The number of aliphatic hydroxyl groups excluding tert-OH is 1. The van der Waals surface area contributed by atoms with Crippen LogP contribution in [0.4, 0.5) is 19.3 Å². The van der Waals surface area contributed by atoms with Crippen molar-refractivity contribution in [3.05, 3.63) is 65.2 Å². The molecule has 2 saturated heterocycles. The van der Waals surface area contributed by atoms with Crippen molar-refractivity contribution in [2.45, 2.75) is 180 Å². The highest BCUT2D eigenvalue weighted by molar-refractivity contribution is 8.00. The summed E-state index contributed by atoms with van der Waals surface area (Å²) < 4.78 is 45.7. The highest BCUT2D eigenvalue weighted by Crippen LogP contribution is 2.52. The summed E-state index contributed by atoms with van der Waals surface area (Å²) in [7, 11) is 5.74. The third-order valence-corrected chi connectivity index (χ3v) is 19.5. The van der Waals surface area contributed by atoms with Crippen LogP contribution < -0.4 is 26.6 Å². The minimum Gasteiger partial charge on any atom is -0.481 e. The fourth-order valence-electron chi connectivity index (χ4n) is 12.1. The standard InChI is InChI=1S/C66H97F2N9O16S/c1-12-40(6)59(49(91-10)30-53(81)77-35-44(78)29-48(77)60(92-11)41(7)61(86)69-27-24-45-46(67)17-16-18-47(45)68)74(8)55(83)34-71-63(88)58(39(4)5)75(9)65(90)93-36-42-20-22-43(23-21-42)72-52(80)33-70-62(87)57(38(2)3)73-51(79)19-14-13-15-28-76-54(82)31-50(64(76)89)94-37-66(25-26-66)32-56(84)85/h16-18,20-23,38-41,44,48-50,57-60,78H,12-15,19,24-37H2,1-11H3,(H,69,86)(H,70,87)(H,71,88)(H,72,80)(H,73,79)(H,84,85)/t40-,41+,44-,48-,49+,50?,57?,58?,59?,60+/m0/s1. The van der Waals surface area contributed by atoms with Crippen LogP contribution in [0, 0.1) is 40.7 Å². The number of amides is 10. The zero-order valence-electron chi connectivity index (χ0n) is 56.0. The van der Waals surface area contributed by atoms with E-state index in [-0.39, 0.29) is 105 Å². The number of likely N-dealkylation sites (N-methyl/N-ethyl adjacent to an activating group) is 2.